The Morgan fingerprint density at radius 2 is 1.13 bits per heavy atom. The lowest BCUT2D eigenvalue weighted by molar-refractivity contribution is -0.123. The molecular formula is C56H49BrF4N6O8S2. The van der Waals surface area contributed by atoms with Crippen LogP contribution in [-0.4, -0.2) is 56.6 Å². The number of halogens is 5. The van der Waals surface area contributed by atoms with Gasteiger partial charge in [0.2, 0.25) is 0 Å². The van der Waals surface area contributed by atoms with Crippen LogP contribution in [0.3, 0.4) is 0 Å². The van der Waals surface area contributed by atoms with Gasteiger partial charge in [-0.05, 0) is 129 Å². The fourth-order valence-corrected chi connectivity index (χ4v) is 12.1. The summed E-state index contributed by atoms with van der Waals surface area (Å²) in [5.74, 6) is 2.46. The van der Waals surface area contributed by atoms with Crippen LogP contribution in [0.15, 0.2) is 97.9 Å². The van der Waals surface area contributed by atoms with Crippen molar-refractivity contribution in [2.24, 2.45) is 0 Å². The molecule has 21 heteroatoms. The molecule has 1 N–H and O–H groups in total. The summed E-state index contributed by atoms with van der Waals surface area (Å²) in [6.45, 7) is 8.69. The molecule has 0 atom stereocenters. The summed E-state index contributed by atoms with van der Waals surface area (Å²) in [5.41, 5.74) is 5.33. The van der Waals surface area contributed by atoms with Crippen molar-refractivity contribution in [3.8, 4) is 34.0 Å². The SMILES string of the molecule is O=C1CCC(OCc2c(-c3ccccc3OC(F)F)noc2C2CC2)CC1.[C-]#[N+]c1ccc2nc(Br)sc2c1.[C-]#[N+]c1ccc2nc(C3(O)CCC(OCc4c(-c5ccccc5OC(F)F)noc4C4CC4)CC3)sc2c1. The number of rotatable bonds is 15. The number of aromatic nitrogens is 4. The molecule has 8 aromatic rings. The van der Waals surface area contributed by atoms with Gasteiger partial charge in [-0.2, -0.15) is 17.6 Å². The summed E-state index contributed by atoms with van der Waals surface area (Å²) < 4.78 is 87.3. The number of alkyl halides is 4. The number of hydrogen-bond donors (Lipinski definition) is 1. The average molecular weight is 1150 g/mol. The molecule has 77 heavy (non-hydrogen) atoms. The van der Waals surface area contributed by atoms with Crippen LogP contribution in [0.2, 0.25) is 0 Å². The number of fused-ring (bicyclic) bond motifs is 2. The first-order valence-electron chi connectivity index (χ1n) is 25.1. The van der Waals surface area contributed by atoms with Gasteiger partial charge in [-0.3, -0.25) is 4.79 Å². The fourth-order valence-electron chi connectivity index (χ4n) is 9.47. The summed E-state index contributed by atoms with van der Waals surface area (Å²) in [7, 11) is 0. The van der Waals surface area contributed by atoms with Gasteiger partial charge in [0.15, 0.2) is 15.3 Å². The molecule has 398 valence electrons. The molecule has 4 heterocycles. The van der Waals surface area contributed by atoms with Crippen LogP contribution in [0.5, 0.6) is 11.5 Å². The number of benzene rings is 4. The van der Waals surface area contributed by atoms with E-state index in [4.69, 9.17) is 36.4 Å². The van der Waals surface area contributed by atoms with Crippen molar-refractivity contribution in [2.45, 2.75) is 133 Å². The lowest BCUT2D eigenvalue weighted by Crippen LogP contribution is -2.34. The minimum Gasteiger partial charge on any atom is -0.434 e. The van der Waals surface area contributed by atoms with Gasteiger partial charge in [0.05, 0.1) is 49.6 Å². The predicted octanol–water partition coefficient (Wildman–Crippen LogP) is 15.8. The van der Waals surface area contributed by atoms with Crippen LogP contribution in [0.25, 0.3) is 52.6 Å². The van der Waals surface area contributed by atoms with Gasteiger partial charge in [-0.25, -0.2) is 19.7 Å². The Morgan fingerprint density at radius 1 is 0.662 bits per heavy atom. The fraction of sp³-hybridized carbons (Fsp3) is 0.375. The van der Waals surface area contributed by atoms with Crippen molar-refractivity contribution in [1.82, 2.24) is 20.3 Å². The standard InChI is InChI=1S/C28H25F2N3O4S.C20H21F2NO4.C8H3BrN2S/c1-31-17-8-9-21-23(14-17)38-26(32-21)28(34)12-10-18(11-13-28)35-15-20-24(33-37-25(20)16-6-7-16)19-4-2-3-5-22(19)36-27(29)30;21-20(22)26-17-4-2-1-3-15(17)18-16(19(27-23-18)12-5-6-12)11-25-14-9-7-13(24)8-10-14;1-10-5-2-3-6-7(4-5)12-8(9)11-6/h2-5,8-9,14,16,18,27,34H,6-7,10-13,15H2;1-4,12,14,20H,5-11H2;2-4H. The lowest BCUT2D eigenvalue weighted by Gasteiger charge is -2.34. The second-order valence-corrected chi connectivity index (χ2v) is 22.5. The van der Waals surface area contributed by atoms with Crippen LogP contribution < -0.4 is 9.47 Å². The van der Waals surface area contributed by atoms with Crippen LogP contribution in [-0.2, 0) is 33.1 Å². The molecular weight excluding hydrogens is 1100 g/mol. The molecule has 0 unspecified atom stereocenters. The molecule has 4 aliphatic carbocycles. The topological polar surface area (TPSA) is 161 Å². The quantitative estimate of drug-likeness (QED) is 0.0765. The highest BCUT2D eigenvalue weighted by Gasteiger charge is 2.39. The second kappa shape index (κ2) is 24.0. The van der Waals surface area contributed by atoms with E-state index in [0.717, 1.165) is 72.7 Å². The van der Waals surface area contributed by atoms with Crippen LogP contribution in [0.1, 0.15) is 117 Å². The number of aliphatic hydroxyl groups is 1. The first kappa shape index (κ1) is 53.8. The number of nitrogens with zero attached hydrogens (tertiary/aromatic N) is 6. The maximum absolute atomic E-state index is 13.0. The number of Topliss-reactive ketones (excluding diaryl/α,β-unsaturated/α-hetero) is 1. The Morgan fingerprint density at radius 3 is 1.61 bits per heavy atom. The highest BCUT2D eigenvalue weighted by Crippen LogP contribution is 2.48. The number of para-hydroxylation sites is 2. The number of carbonyl (C=O) groups is 1. The summed E-state index contributed by atoms with van der Waals surface area (Å²) >= 11 is 6.28. The number of ether oxygens (including phenoxy) is 4. The molecule has 0 bridgehead atoms. The monoisotopic (exact) mass is 1150 g/mol. The van der Waals surface area contributed by atoms with Crippen molar-refractivity contribution in [3.63, 3.8) is 0 Å². The van der Waals surface area contributed by atoms with Gasteiger partial charge >= 0.3 is 13.2 Å². The number of thiazole rings is 2. The highest BCUT2D eigenvalue weighted by atomic mass is 79.9. The molecule has 4 aliphatic rings. The maximum Gasteiger partial charge on any atom is 0.387 e. The Balaban J connectivity index is 0.000000149. The molecule has 0 radical (unpaired) electrons. The van der Waals surface area contributed by atoms with Crippen molar-refractivity contribution in [2.75, 3.05) is 0 Å². The molecule has 0 aliphatic heterocycles. The maximum atomic E-state index is 13.0. The van der Waals surface area contributed by atoms with E-state index in [9.17, 15) is 27.5 Å². The van der Waals surface area contributed by atoms with Gasteiger partial charge in [0.1, 0.15) is 50.8 Å². The van der Waals surface area contributed by atoms with Crippen molar-refractivity contribution >= 4 is 76.2 Å². The number of carbonyl (C=O) groups excluding carboxylic acids is 1. The minimum atomic E-state index is -2.95. The first-order valence-corrected chi connectivity index (χ1v) is 27.5. The largest absolute Gasteiger partial charge is 0.434 e. The van der Waals surface area contributed by atoms with Crippen LogP contribution in [0.4, 0.5) is 28.9 Å². The Labute approximate surface area is 456 Å². The molecule has 0 saturated heterocycles. The van der Waals surface area contributed by atoms with E-state index in [2.05, 4.69) is 50.6 Å². The zero-order valence-corrected chi connectivity index (χ0v) is 44.4. The molecule has 4 aromatic heterocycles. The van der Waals surface area contributed by atoms with Gasteiger partial charge in [0.25, 0.3) is 0 Å². The third-order valence-electron chi connectivity index (χ3n) is 13.8. The van der Waals surface area contributed by atoms with Gasteiger partial charge in [-0.15, -0.1) is 22.7 Å². The molecule has 0 amide bonds. The smallest absolute Gasteiger partial charge is 0.387 e. The highest BCUT2D eigenvalue weighted by molar-refractivity contribution is 9.11. The Bertz CT molecular complexity index is 3450. The minimum absolute atomic E-state index is 0.0186. The van der Waals surface area contributed by atoms with Gasteiger partial charge < -0.3 is 33.1 Å². The number of hydrogen-bond acceptors (Lipinski definition) is 14. The summed E-state index contributed by atoms with van der Waals surface area (Å²) in [6, 6.07) is 24.0. The molecule has 12 rings (SSSR count). The van der Waals surface area contributed by atoms with Crippen LogP contribution in [0, 0.1) is 13.1 Å². The van der Waals surface area contributed by atoms with E-state index < -0.39 is 18.8 Å². The van der Waals surface area contributed by atoms with E-state index >= 15 is 0 Å². The Hall–Kier alpha value is -6.59. The Kier molecular flexibility index (Phi) is 16.7. The molecule has 4 aromatic carbocycles. The van der Waals surface area contributed by atoms with Crippen molar-refractivity contribution < 1.29 is 55.5 Å². The summed E-state index contributed by atoms with van der Waals surface area (Å²) in [6.07, 6.45) is 8.77. The summed E-state index contributed by atoms with van der Waals surface area (Å²) in [4.78, 5) is 27.1. The number of ketones is 1. The van der Waals surface area contributed by atoms with Gasteiger partial charge in [-0.1, -0.05) is 46.7 Å². The zero-order valence-electron chi connectivity index (χ0n) is 41.1. The van der Waals surface area contributed by atoms with Crippen LogP contribution >= 0.6 is 38.6 Å². The predicted molar refractivity (Wildman–Crippen MR) is 284 cm³/mol. The molecule has 4 fully saturated rings. The van der Waals surface area contributed by atoms with E-state index in [1.54, 1.807) is 65.9 Å². The second-order valence-electron chi connectivity index (χ2n) is 19.2. The third-order valence-corrected chi connectivity index (χ3v) is 16.5. The van der Waals surface area contributed by atoms with E-state index in [-0.39, 0.29) is 48.6 Å². The first-order chi connectivity index (χ1) is 37.3. The van der Waals surface area contributed by atoms with Gasteiger partial charge in [0, 0.05) is 56.3 Å². The summed E-state index contributed by atoms with van der Waals surface area (Å²) in [5, 5.41) is 20.4. The van der Waals surface area contributed by atoms with E-state index in [0.29, 0.717) is 96.2 Å². The average Bonchev–Trinajstić information content (AvgIpc) is 4.35. The third kappa shape index (κ3) is 13.1. The van der Waals surface area contributed by atoms with E-state index in [1.807, 2.05) is 18.2 Å². The normalized spacial score (nSPS) is 18.6. The van der Waals surface area contributed by atoms with Crippen molar-refractivity contribution in [1.29, 1.82) is 0 Å². The molecule has 0 spiro atoms. The van der Waals surface area contributed by atoms with Crippen molar-refractivity contribution in [3.05, 3.63) is 139 Å². The van der Waals surface area contributed by atoms with E-state index in [1.165, 1.54) is 23.5 Å². The zero-order chi connectivity index (χ0) is 53.6. The molecule has 14 nitrogen and oxygen atoms in total. The lowest BCUT2D eigenvalue weighted by atomic mass is 9.83. The molecule has 4 saturated carbocycles.